The van der Waals surface area contributed by atoms with Crippen LogP contribution in [0.15, 0.2) is 23.3 Å². The Morgan fingerprint density at radius 2 is 2.32 bits per heavy atom. The third-order valence-electron chi connectivity index (χ3n) is 2.21. The van der Waals surface area contributed by atoms with Gasteiger partial charge in [-0.1, -0.05) is 17.2 Å². The first-order chi connectivity index (χ1) is 10.4. The molecular formula is C11H12F3N3O2. The van der Waals surface area contributed by atoms with E-state index in [4.69, 9.17) is 15.8 Å². The van der Waals surface area contributed by atoms with Crippen LogP contribution in [0.3, 0.4) is 0 Å². The van der Waals surface area contributed by atoms with Gasteiger partial charge < -0.3 is 9.47 Å². The van der Waals surface area contributed by atoms with Gasteiger partial charge in [0.1, 0.15) is 5.75 Å². The molecular weight excluding hydrogens is 263 g/mol. The summed E-state index contributed by atoms with van der Waals surface area (Å²) in [6.45, 7) is -0.183. The standard InChI is InChI=1S/C11H12F3N3O2/c1-18-9-5-7(10(19-2)11(12,13)14)3-4-8(9)6-16-17-15/h3-5,10H,6H2,1-2H3/i2D3,10D. The highest BCUT2D eigenvalue weighted by molar-refractivity contribution is 5.39. The Labute approximate surface area is 113 Å². The Morgan fingerprint density at radius 1 is 1.58 bits per heavy atom. The number of hydrogen-bond acceptors (Lipinski definition) is 3. The molecule has 0 fully saturated rings. The molecule has 0 saturated heterocycles. The first-order valence-electron chi connectivity index (χ1n) is 6.90. The van der Waals surface area contributed by atoms with E-state index in [0.29, 0.717) is 0 Å². The summed E-state index contributed by atoms with van der Waals surface area (Å²) in [7, 11) is -2.27. The molecule has 0 radical (unpaired) electrons. The van der Waals surface area contributed by atoms with Crippen LogP contribution in [0.2, 0.25) is 0 Å². The van der Waals surface area contributed by atoms with Crippen molar-refractivity contribution in [3.05, 3.63) is 39.8 Å². The maximum atomic E-state index is 13.2. The summed E-state index contributed by atoms with van der Waals surface area (Å²) < 4.78 is 76.5. The zero-order valence-corrected chi connectivity index (χ0v) is 9.73. The van der Waals surface area contributed by atoms with Crippen LogP contribution in [-0.2, 0) is 11.3 Å². The van der Waals surface area contributed by atoms with Gasteiger partial charge >= 0.3 is 6.18 Å². The Hall–Kier alpha value is -1.92. The number of nitrogens with zero attached hydrogens (tertiary/aromatic N) is 3. The van der Waals surface area contributed by atoms with Gasteiger partial charge in [-0.05, 0) is 22.7 Å². The highest BCUT2D eigenvalue weighted by atomic mass is 19.4. The summed E-state index contributed by atoms with van der Waals surface area (Å²) in [6, 6.07) is 2.84. The van der Waals surface area contributed by atoms with Gasteiger partial charge in [0.05, 0.1) is 19.1 Å². The Balaban J connectivity index is 3.40. The smallest absolute Gasteiger partial charge is 0.418 e. The highest BCUT2D eigenvalue weighted by Gasteiger charge is 2.41. The molecule has 1 unspecified atom stereocenters. The predicted molar refractivity (Wildman–Crippen MR) is 61.6 cm³/mol. The van der Waals surface area contributed by atoms with Crippen molar-refractivity contribution < 1.29 is 28.1 Å². The van der Waals surface area contributed by atoms with Gasteiger partial charge in [0.25, 0.3) is 0 Å². The third kappa shape index (κ3) is 3.77. The summed E-state index contributed by atoms with van der Waals surface area (Å²) in [6.07, 6.45) is -9.11. The second-order valence-corrected chi connectivity index (χ2v) is 3.34. The van der Waals surface area contributed by atoms with Crippen molar-refractivity contribution in [3.8, 4) is 5.75 Å². The van der Waals surface area contributed by atoms with Crippen LogP contribution in [0.1, 0.15) is 22.7 Å². The number of rotatable bonds is 5. The van der Waals surface area contributed by atoms with Gasteiger partial charge in [-0.2, -0.15) is 13.2 Å². The minimum atomic E-state index is -5.31. The summed E-state index contributed by atoms with van der Waals surface area (Å²) in [5, 5.41) is 3.26. The van der Waals surface area contributed by atoms with Gasteiger partial charge in [-0.25, -0.2) is 0 Å². The van der Waals surface area contributed by atoms with Crippen LogP contribution in [0.4, 0.5) is 13.2 Å². The number of ether oxygens (including phenoxy) is 2. The number of methoxy groups -OCH3 is 2. The van der Waals surface area contributed by atoms with Crippen molar-refractivity contribution in [2.45, 2.75) is 18.8 Å². The van der Waals surface area contributed by atoms with Gasteiger partial charge in [-0.15, -0.1) is 0 Å². The number of azide groups is 1. The zero-order chi connectivity index (χ0) is 17.9. The molecule has 104 valence electrons. The Bertz CT molecular complexity index is 618. The number of benzene rings is 1. The second-order valence-electron chi connectivity index (χ2n) is 3.34. The largest absolute Gasteiger partial charge is 0.496 e. The molecule has 0 N–H and O–H groups in total. The van der Waals surface area contributed by atoms with E-state index in [1.165, 1.54) is 7.11 Å². The van der Waals surface area contributed by atoms with Crippen molar-refractivity contribution >= 4 is 0 Å². The molecule has 8 heteroatoms. The van der Waals surface area contributed by atoms with Crippen LogP contribution in [-0.4, -0.2) is 20.3 Å². The molecule has 0 bridgehead atoms. The molecule has 19 heavy (non-hydrogen) atoms. The van der Waals surface area contributed by atoms with E-state index in [1.807, 2.05) is 0 Å². The summed E-state index contributed by atoms with van der Waals surface area (Å²) in [5.74, 6) is -0.0927. The van der Waals surface area contributed by atoms with E-state index in [-0.39, 0.29) is 17.9 Å². The minimum Gasteiger partial charge on any atom is -0.496 e. The van der Waals surface area contributed by atoms with Gasteiger partial charge in [0.2, 0.25) is 0 Å². The molecule has 1 atom stereocenters. The summed E-state index contributed by atoms with van der Waals surface area (Å²) in [5.41, 5.74) is 7.76. The molecule has 0 saturated carbocycles. The van der Waals surface area contributed by atoms with Crippen LogP contribution in [0, 0.1) is 0 Å². The van der Waals surface area contributed by atoms with Crippen LogP contribution < -0.4 is 4.74 Å². The zero-order valence-electron chi connectivity index (χ0n) is 13.7. The Morgan fingerprint density at radius 3 is 2.84 bits per heavy atom. The van der Waals surface area contributed by atoms with Crippen molar-refractivity contribution in [2.24, 2.45) is 5.11 Å². The fourth-order valence-electron chi connectivity index (χ4n) is 1.40. The molecule has 1 aromatic carbocycles. The van der Waals surface area contributed by atoms with E-state index >= 15 is 0 Å². The fraction of sp³-hybridized carbons (Fsp3) is 0.455. The van der Waals surface area contributed by atoms with E-state index < -0.39 is 24.9 Å². The second kappa shape index (κ2) is 6.31. The normalized spacial score (nSPS) is 18.1. The van der Waals surface area contributed by atoms with Gasteiger partial charge in [-0.3, -0.25) is 0 Å². The lowest BCUT2D eigenvalue weighted by molar-refractivity contribution is -0.216. The summed E-state index contributed by atoms with van der Waals surface area (Å²) in [4.78, 5) is 2.52. The predicted octanol–water partition coefficient (Wildman–Crippen LogP) is 3.76. The van der Waals surface area contributed by atoms with E-state index in [1.54, 1.807) is 0 Å². The van der Waals surface area contributed by atoms with Crippen LogP contribution in [0.5, 0.6) is 5.75 Å². The van der Waals surface area contributed by atoms with E-state index in [0.717, 1.165) is 18.2 Å². The fourth-order valence-corrected chi connectivity index (χ4v) is 1.40. The van der Waals surface area contributed by atoms with Gasteiger partial charge in [0, 0.05) is 11.9 Å². The lowest BCUT2D eigenvalue weighted by Gasteiger charge is -2.20. The monoisotopic (exact) mass is 279 g/mol. The van der Waals surface area contributed by atoms with Crippen LogP contribution in [0.25, 0.3) is 10.4 Å². The maximum absolute atomic E-state index is 13.2. The third-order valence-corrected chi connectivity index (χ3v) is 2.21. The molecule has 5 nitrogen and oxygen atoms in total. The molecule has 0 aliphatic carbocycles. The molecule has 1 aromatic rings. The van der Waals surface area contributed by atoms with E-state index in [9.17, 15) is 13.2 Å². The number of alkyl halides is 3. The van der Waals surface area contributed by atoms with Crippen LogP contribution >= 0.6 is 0 Å². The average Bonchev–Trinajstić information content (AvgIpc) is 2.41. The molecule has 0 heterocycles. The topological polar surface area (TPSA) is 67.2 Å². The first kappa shape index (κ1) is 9.94. The maximum Gasteiger partial charge on any atom is 0.418 e. The number of halogens is 3. The lowest BCUT2D eigenvalue weighted by Crippen LogP contribution is -2.22. The molecule has 0 aliphatic rings. The van der Waals surface area contributed by atoms with Crippen molar-refractivity contribution in [3.63, 3.8) is 0 Å². The number of hydrogen-bond donors (Lipinski definition) is 0. The highest BCUT2D eigenvalue weighted by Crippen LogP contribution is 2.37. The lowest BCUT2D eigenvalue weighted by atomic mass is 10.1. The molecule has 0 spiro atoms. The molecule has 1 rings (SSSR count). The first-order valence-corrected chi connectivity index (χ1v) is 4.90. The Kier molecular flexibility index (Phi) is 3.30. The molecule has 0 amide bonds. The quantitative estimate of drug-likeness (QED) is 0.468. The van der Waals surface area contributed by atoms with Crippen molar-refractivity contribution in [2.75, 3.05) is 14.1 Å². The van der Waals surface area contributed by atoms with Gasteiger partial charge in [0.15, 0.2) is 6.08 Å². The minimum absolute atomic E-state index is 0.0927. The van der Waals surface area contributed by atoms with Crippen molar-refractivity contribution in [1.29, 1.82) is 0 Å². The molecule has 0 aromatic heterocycles. The molecule has 0 aliphatic heterocycles. The average molecular weight is 279 g/mol. The van der Waals surface area contributed by atoms with E-state index in [2.05, 4.69) is 14.8 Å². The summed E-state index contributed by atoms with van der Waals surface area (Å²) >= 11 is 0. The SMILES string of the molecule is [2H]C([2H])([2H])OC([2H])(c1ccc(CN=[N+]=[N-])c(OC)c1)C(F)(F)F. The van der Waals surface area contributed by atoms with Crippen molar-refractivity contribution in [1.82, 2.24) is 0 Å².